The van der Waals surface area contributed by atoms with Gasteiger partial charge in [-0.05, 0) is 24.0 Å². The summed E-state index contributed by atoms with van der Waals surface area (Å²) in [5, 5.41) is 11.3. The molecule has 1 aromatic carbocycles. The van der Waals surface area contributed by atoms with E-state index in [0.717, 1.165) is 6.42 Å². The topological polar surface area (TPSA) is 39.6 Å². The van der Waals surface area contributed by atoms with Crippen LogP contribution in [0.4, 0.5) is 0 Å². The van der Waals surface area contributed by atoms with Gasteiger partial charge in [0.2, 0.25) is 0 Å². The van der Waals surface area contributed by atoms with Crippen LogP contribution in [0.5, 0.6) is 0 Å². The van der Waals surface area contributed by atoms with Crippen LogP contribution in [0, 0.1) is 28.6 Å². The van der Waals surface area contributed by atoms with Gasteiger partial charge in [0.05, 0.1) is 12.0 Å². The van der Waals surface area contributed by atoms with E-state index in [4.69, 9.17) is 11.6 Å². The van der Waals surface area contributed by atoms with Crippen molar-refractivity contribution in [2.24, 2.45) is 17.3 Å². The SMILES string of the molecule is C=CC1(C)C(Cl)CC2C(c3c([nH]c4ccccc34)C2(C)C)C1C#N. The van der Waals surface area contributed by atoms with E-state index >= 15 is 0 Å². The molecule has 3 heteroatoms. The number of para-hydroxylation sites is 1. The number of alkyl halides is 1. The Morgan fingerprint density at radius 3 is 2.71 bits per heavy atom. The van der Waals surface area contributed by atoms with E-state index < -0.39 is 0 Å². The number of benzene rings is 1. The van der Waals surface area contributed by atoms with Crippen molar-refractivity contribution in [3.8, 4) is 6.07 Å². The average molecular weight is 339 g/mol. The lowest BCUT2D eigenvalue weighted by atomic mass is 9.56. The molecule has 0 radical (unpaired) electrons. The highest BCUT2D eigenvalue weighted by atomic mass is 35.5. The highest BCUT2D eigenvalue weighted by Crippen LogP contribution is 2.64. The molecule has 0 aliphatic heterocycles. The molecule has 1 heterocycles. The van der Waals surface area contributed by atoms with Crippen LogP contribution in [0.3, 0.4) is 0 Å². The van der Waals surface area contributed by atoms with Gasteiger partial charge in [0.25, 0.3) is 0 Å². The predicted molar refractivity (Wildman–Crippen MR) is 99.2 cm³/mol. The number of aromatic amines is 1. The van der Waals surface area contributed by atoms with E-state index in [1.807, 2.05) is 6.08 Å². The highest BCUT2D eigenvalue weighted by molar-refractivity contribution is 6.21. The van der Waals surface area contributed by atoms with Gasteiger partial charge in [-0.1, -0.05) is 45.0 Å². The summed E-state index contributed by atoms with van der Waals surface area (Å²) in [6, 6.07) is 11.1. The number of nitrogens with one attached hydrogen (secondary N) is 1. The predicted octanol–water partition coefficient (Wildman–Crippen LogP) is 5.50. The minimum absolute atomic E-state index is 0.0102. The van der Waals surface area contributed by atoms with Crippen LogP contribution in [-0.2, 0) is 5.41 Å². The van der Waals surface area contributed by atoms with Gasteiger partial charge in [0.15, 0.2) is 0 Å². The molecule has 1 saturated carbocycles. The van der Waals surface area contributed by atoms with Gasteiger partial charge < -0.3 is 4.98 Å². The molecule has 5 unspecified atom stereocenters. The molecule has 24 heavy (non-hydrogen) atoms. The number of aromatic nitrogens is 1. The zero-order valence-corrected chi connectivity index (χ0v) is 15.2. The van der Waals surface area contributed by atoms with Gasteiger partial charge in [-0.25, -0.2) is 0 Å². The zero-order valence-electron chi connectivity index (χ0n) is 14.4. The number of halogens is 1. The van der Waals surface area contributed by atoms with Crippen molar-refractivity contribution in [1.82, 2.24) is 4.98 Å². The zero-order chi connectivity index (χ0) is 17.3. The van der Waals surface area contributed by atoms with Crippen LogP contribution in [0.25, 0.3) is 10.9 Å². The Labute approximate surface area is 148 Å². The molecule has 1 aromatic heterocycles. The molecule has 0 saturated heterocycles. The summed E-state index contributed by atoms with van der Waals surface area (Å²) in [4.78, 5) is 3.65. The summed E-state index contributed by atoms with van der Waals surface area (Å²) in [7, 11) is 0. The van der Waals surface area contributed by atoms with Crippen LogP contribution < -0.4 is 0 Å². The number of allylic oxidation sites excluding steroid dienone is 1. The van der Waals surface area contributed by atoms with Crippen molar-refractivity contribution in [3.05, 3.63) is 48.2 Å². The van der Waals surface area contributed by atoms with Gasteiger partial charge in [-0.3, -0.25) is 0 Å². The maximum absolute atomic E-state index is 10.1. The van der Waals surface area contributed by atoms with Crippen molar-refractivity contribution in [2.45, 2.75) is 43.9 Å². The number of fused-ring (bicyclic) bond motifs is 5. The molecule has 0 spiro atoms. The number of H-pyrrole nitrogens is 1. The van der Waals surface area contributed by atoms with Crippen molar-refractivity contribution >= 4 is 22.5 Å². The van der Waals surface area contributed by atoms with Crippen molar-refractivity contribution in [3.63, 3.8) is 0 Å². The third-order valence-electron chi connectivity index (χ3n) is 6.83. The van der Waals surface area contributed by atoms with Crippen molar-refractivity contribution in [2.75, 3.05) is 0 Å². The Balaban J connectivity index is 2.01. The highest BCUT2D eigenvalue weighted by Gasteiger charge is 2.59. The molecule has 2 nitrogen and oxygen atoms in total. The van der Waals surface area contributed by atoms with Crippen LogP contribution in [-0.4, -0.2) is 10.4 Å². The second kappa shape index (κ2) is 4.90. The van der Waals surface area contributed by atoms with Gasteiger partial charge in [0, 0.05) is 38.7 Å². The molecule has 1 N–H and O–H groups in total. The van der Waals surface area contributed by atoms with E-state index in [9.17, 15) is 5.26 Å². The smallest absolute Gasteiger partial charge is 0.0671 e. The Hall–Kier alpha value is -1.72. The van der Waals surface area contributed by atoms with E-state index in [1.54, 1.807) is 0 Å². The van der Waals surface area contributed by atoms with Crippen LogP contribution in [0.2, 0.25) is 0 Å². The Morgan fingerprint density at radius 2 is 2.04 bits per heavy atom. The lowest BCUT2D eigenvalue weighted by Gasteiger charge is -2.48. The lowest BCUT2D eigenvalue weighted by Crippen LogP contribution is -2.47. The number of nitriles is 1. The minimum atomic E-state index is -0.368. The standard InChI is InChI=1S/C21H23ClN2/c1-5-21(4)14(11-23)18-13(10-16(21)22)20(2,3)19-17(18)12-8-6-7-9-15(12)24-19/h5-9,13-14,16,18,24H,1,10H2,2-4H3. The first-order valence-corrected chi connectivity index (χ1v) is 9.08. The molecule has 2 aliphatic rings. The van der Waals surface area contributed by atoms with Gasteiger partial charge >= 0.3 is 0 Å². The van der Waals surface area contributed by atoms with E-state index in [2.05, 4.69) is 62.7 Å². The van der Waals surface area contributed by atoms with E-state index in [0.29, 0.717) is 5.92 Å². The second-order valence-electron chi connectivity index (χ2n) is 8.19. The maximum atomic E-state index is 10.1. The van der Waals surface area contributed by atoms with Crippen molar-refractivity contribution in [1.29, 1.82) is 5.26 Å². The van der Waals surface area contributed by atoms with Crippen molar-refractivity contribution < 1.29 is 0 Å². The summed E-state index contributed by atoms with van der Waals surface area (Å²) in [5.41, 5.74) is 3.41. The lowest BCUT2D eigenvalue weighted by molar-refractivity contribution is 0.114. The third kappa shape index (κ3) is 1.72. The molecule has 0 bridgehead atoms. The fourth-order valence-corrected chi connectivity index (χ4v) is 5.64. The molecule has 124 valence electrons. The number of hydrogen-bond donors (Lipinski definition) is 1. The van der Waals surface area contributed by atoms with Crippen LogP contribution in [0.15, 0.2) is 36.9 Å². The second-order valence-corrected chi connectivity index (χ2v) is 8.72. The fraction of sp³-hybridized carbons (Fsp3) is 0.476. The number of rotatable bonds is 1. The molecule has 2 aliphatic carbocycles. The minimum Gasteiger partial charge on any atom is -0.358 e. The fourth-order valence-electron chi connectivity index (χ4n) is 5.23. The Bertz CT molecular complexity index is 872. The summed E-state index contributed by atoms with van der Waals surface area (Å²) in [6.45, 7) is 10.7. The Kier molecular flexibility index (Phi) is 3.22. The first-order chi connectivity index (χ1) is 11.4. The molecular formula is C21H23ClN2. The molecule has 0 amide bonds. The molecular weight excluding hydrogens is 316 g/mol. The number of nitrogens with zero attached hydrogens (tertiary/aromatic N) is 1. The summed E-state index contributed by atoms with van der Waals surface area (Å²) >= 11 is 6.79. The first-order valence-electron chi connectivity index (χ1n) is 8.64. The third-order valence-corrected chi connectivity index (χ3v) is 7.48. The maximum Gasteiger partial charge on any atom is 0.0671 e. The first kappa shape index (κ1) is 15.8. The molecule has 4 rings (SSSR count). The van der Waals surface area contributed by atoms with Gasteiger partial charge in [-0.2, -0.15) is 5.26 Å². The summed E-state index contributed by atoms with van der Waals surface area (Å²) in [5.74, 6) is 0.425. The van der Waals surface area contributed by atoms with Crippen LogP contribution >= 0.6 is 11.6 Å². The molecule has 2 aromatic rings. The van der Waals surface area contributed by atoms with Gasteiger partial charge in [-0.15, -0.1) is 18.2 Å². The summed E-state index contributed by atoms with van der Waals surface area (Å²) < 4.78 is 0. The summed E-state index contributed by atoms with van der Waals surface area (Å²) in [6.07, 6.45) is 2.82. The van der Waals surface area contributed by atoms with Crippen LogP contribution in [0.1, 0.15) is 44.4 Å². The Morgan fingerprint density at radius 1 is 1.33 bits per heavy atom. The molecule has 1 fully saturated rings. The normalized spacial score (nSPS) is 36.8. The quantitative estimate of drug-likeness (QED) is 0.541. The van der Waals surface area contributed by atoms with Gasteiger partial charge in [0.1, 0.15) is 0 Å². The monoisotopic (exact) mass is 338 g/mol. The number of hydrogen-bond acceptors (Lipinski definition) is 1. The van der Waals surface area contributed by atoms with E-state index in [1.165, 1.54) is 22.2 Å². The molecule has 5 atom stereocenters. The largest absolute Gasteiger partial charge is 0.358 e. The van der Waals surface area contributed by atoms with E-state index in [-0.39, 0.29) is 28.0 Å². The average Bonchev–Trinajstić information content (AvgIpc) is 3.04.